The van der Waals surface area contributed by atoms with Crippen molar-refractivity contribution in [3.63, 3.8) is 0 Å². The van der Waals surface area contributed by atoms with Crippen molar-refractivity contribution in [1.82, 2.24) is 20.1 Å². The molecule has 4 rings (SSSR count). The highest BCUT2D eigenvalue weighted by atomic mass is 32.1. The zero-order valence-electron chi connectivity index (χ0n) is 17.1. The number of aromatic nitrogens is 3. The molecule has 6 heteroatoms. The quantitative estimate of drug-likeness (QED) is 0.455. The third-order valence-corrected chi connectivity index (χ3v) is 5.93. The van der Waals surface area contributed by atoms with Crippen molar-refractivity contribution in [3.8, 4) is 11.3 Å². The lowest BCUT2D eigenvalue weighted by Gasteiger charge is -2.04. The average molecular weight is 417 g/mol. The number of carbonyl (C=O) groups excluding carboxylic acids is 1. The molecule has 152 valence electrons. The van der Waals surface area contributed by atoms with Crippen LogP contribution in [0.5, 0.6) is 0 Å². The van der Waals surface area contributed by atoms with Crippen molar-refractivity contribution in [2.24, 2.45) is 0 Å². The summed E-state index contributed by atoms with van der Waals surface area (Å²) >= 11 is 1.63. The van der Waals surface area contributed by atoms with E-state index in [1.165, 1.54) is 0 Å². The first-order chi connectivity index (χ1) is 14.6. The smallest absolute Gasteiger partial charge is 0.255 e. The third-order valence-electron chi connectivity index (χ3n) is 4.73. The van der Waals surface area contributed by atoms with Crippen LogP contribution in [0.3, 0.4) is 0 Å². The van der Waals surface area contributed by atoms with Gasteiger partial charge in [-0.05, 0) is 5.56 Å². The summed E-state index contributed by atoms with van der Waals surface area (Å²) in [5.41, 5.74) is 4.19. The molecular formula is C24H24N4OS. The molecule has 0 bridgehead atoms. The molecule has 30 heavy (non-hydrogen) atoms. The highest BCUT2D eigenvalue weighted by Gasteiger charge is 2.18. The normalized spacial score (nSPS) is 11.0. The van der Waals surface area contributed by atoms with Gasteiger partial charge in [-0.2, -0.15) is 5.10 Å². The Morgan fingerprint density at radius 1 is 1.07 bits per heavy atom. The van der Waals surface area contributed by atoms with Crippen LogP contribution >= 0.6 is 11.3 Å². The monoisotopic (exact) mass is 416 g/mol. The van der Waals surface area contributed by atoms with Gasteiger partial charge < -0.3 is 5.32 Å². The Bertz CT molecular complexity index is 1120. The Labute approximate surface area is 180 Å². The highest BCUT2D eigenvalue weighted by molar-refractivity contribution is 7.09. The first kappa shape index (κ1) is 20.0. The Balaban J connectivity index is 1.57. The van der Waals surface area contributed by atoms with Crippen LogP contribution in [-0.4, -0.2) is 20.7 Å². The molecule has 0 atom stereocenters. The van der Waals surface area contributed by atoms with Gasteiger partial charge in [-0.1, -0.05) is 74.5 Å². The second-order valence-corrected chi connectivity index (χ2v) is 8.34. The van der Waals surface area contributed by atoms with Crippen LogP contribution < -0.4 is 5.32 Å². The summed E-state index contributed by atoms with van der Waals surface area (Å²) in [4.78, 5) is 17.6. The lowest BCUT2D eigenvalue weighted by Crippen LogP contribution is -2.23. The summed E-state index contributed by atoms with van der Waals surface area (Å²) in [5, 5.41) is 10.8. The van der Waals surface area contributed by atoms with Crippen LogP contribution in [0.4, 0.5) is 0 Å². The number of hydrogen-bond donors (Lipinski definition) is 1. The summed E-state index contributed by atoms with van der Waals surface area (Å²) in [6, 6.07) is 19.9. The van der Waals surface area contributed by atoms with Gasteiger partial charge in [0.2, 0.25) is 0 Å². The first-order valence-electron chi connectivity index (χ1n) is 9.99. The summed E-state index contributed by atoms with van der Waals surface area (Å²) in [7, 11) is 0. The Kier molecular flexibility index (Phi) is 6.05. The van der Waals surface area contributed by atoms with E-state index >= 15 is 0 Å². The van der Waals surface area contributed by atoms with E-state index in [1.54, 1.807) is 11.3 Å². The summed E-state index contributed by atoms with van der Waals surface area (Å²) in [6.07, 6.45) is 1.82. The number of nitrogens with one attached hydrogen (secondary N) is 1. The van der Waals surface area contributed by atoms with Crippen LogP contribution in [0.15, 0.2) is 72.2 Å². The maximum atomic E-state index is 13.0. The minimum atomic E-state index is -0.146. The van der Waals surface area contributed by atoms with E-state index in [9.17, 15) is 4.79 Å². The van der Waals surface area contributed by atoms with Gasteiger partial charge in [0.1, 0.15) is 5.69 Å². The predicted octanol–water partition coefficient (Wildman–Crippen LogP) is 5.11. The van der Waals surface area contributed by atoms with Gasteiger partial charge in [0, 0.05) is 23.1 Å². The third kappa shape index (κ3) is 4.66. The first-order valence-corrected chi connectivity index (χ1v) is 10.9. The molecule has 1 N–H and O–H groups in total. The summed E-state index contributed by atoms with van der Waals surface area (Å²) in [6.45, 7) is 5.25. The average Bonchev–Trinajstić information content (AvgIpc) is 3.41. The van der Waals surface area contributed by atoms with Crippen LogP contribution in [0, 0.1) is 0 Å². The van der Waals surface area contributed by atoms with Crippen LogP contribution in [0.1, 0.15) is 46.4 Å². The van der Waals surface area contributed by atoms with Crippen molar-refractivity contribution >= 4 is 17.2 Å². The number of rotatable bonds is 7. The molecule has 1 amide bonds. The number of carbonyl (C=O) groups is 1. The van der Waals surface area contributed by atoms with Crippen molar-refractivity contribution in [1.29, 1.82) is 0 Å². The molecule has 2 aromatic carbocycles. The van der Waals surface area contributed by atoms with E-state index in [2.05, 4.69) is 36.3 Å². The predicted molar refractivity (Wildman–Crippen MR) is 121 cm³/mol. The van der Waals surface area contributed by atoms with E-state index in [1.807, 2.05) is 64.8 Å². The molecule has 0 spiro atoms. The zero-order chi connectivity index (χ0) is 20.9. The Hall–Kier alpha value is -3.25. The van der Waals surface area contributed by atoms with Gasteiger partial charge in [-0.25, -0.2) is 4.98 Å². The fourth-order valence-corrected chi connectivity index (χ4v) is 4.02. The van der Waals surface area contributed by atoms with Crippen LogP contribution in [0.2, 0.25) is 0 Å². The molecule has 0 radical (unpaired) electrons. The second kappa shape index (κ2) is 9.05. The number of thiazole rings is 1. The number of hydrogen-bond acceptors (Lipinski definition) is 4. The van der Waals surface area contributed by atoms with Gasteiger partial charge in [0.25, 0.3) is 5.91 Å². The molecule has 0 saturated carbocycles. The van der Waals surface area contributed by atoms with E-state index in [0.717, 1.165) is 21.8 Å². The van der Waals surface area contributed by atoms with Crippen LogP contribution in [0.25, 0.3) is 11.3 Å². The molecule has 0 saturated heterocycles. The SMILES string of the molecule is CC(C)c1nc(CNC(=O)c2cn(Cc3ccccc3)nc2-c2ccccc2)cs1. The van der Waals surface area contributed by atoms with E-state index in [4.69, 9.17) is 5.10 Å². The Morgan fingerprint density at radius 2 is 1.77 bits per heavy atom. The van der Waals surface area contributed by atoms with Crippen LogP contribution in [-0.2, 0) is 13.1 Å². The van der Waals surface area contributed by atoms with Crippen molar-refractivity contribution in [2.75, 3.05) is 0 Å². The molecule has 5 nitrogen and oxygen atoms in total. The van der Waals surface area contributed by atoms with Gasteiger partial charge >= 0.3 is 0 Å². The van der Waals surface area contributed by atoms with Gasteiger partial charge in [0.05, 0.1) is 29.4 Å². The molecule has 0 aliphatic rings. The Morgan fingerprint density at radius 3 is 2.43 bits per heavy atom. The summed E-state index contributed by atoms with van der Waals surface area (Å²) in [5.74, 6) is 0.243. The minimum absolute atomic E-state index is 0.146. The fraction of sp³-hybridized carbons (Fsp3) is 0.208. The molecular weight excluding hydrogens is 392 g/mol. The largest absolute Gasteiger partial charge is 0.346 e. The maximum Gasteiger partial charge on any atom is 0.255 e. The van der Waals surface area contributed by atoms with Gasteiger partial charge in [0.15, 0.2) is 0 Å². The molecule has 0 unspecified atom stereocenters. The highest BCUT2D eigenvalue weighted by Crippen LogP contribution is 2.23. The fourth-order valence-electron chi connectivity index (χ4n) is 3.18. The lowest BCUT2D eigenvalue weighted by molar-refractivity contribution is 0.0951. The molecule has 0 aliphatic heterocycles. The molecule has 2 aromatic heterocycles. The summed E-state index contributed by atoms with van der Waals surface area (Å²) < 4.78 is 1.83. The molecule has 4 aromatic rings. The standard InChI is InChI=1S/C24H24N4OS/c1-17(2)24-26-20(16-30-24)13-25-23(29)21-15-28(14-18-9-5-3-6-10-18)27-22(21)19-11-7-4-8-12-19/h3-12,15-17H,13-14H2,1-2H3,(H,25,29). The molecule has 0 fully saturated rings. The van der Waals surface area contributed by atoms with Crippen molar-refractivity contribution in [2.45, 2.75) is 32.9 Å². The lowest BCUT2D eigenvalue weighted by atomic mass is 10.1. The number of nitrogens with zero attached hydrogens (tertiary/aromatic N) is 3. The van der Waals surface area contributed by atoms with Gasteiger partial charge in [-0.3, -0.25) is 9.48 Å². The van der Waals surface area contributed by atoms with E-state index in [-0.39, 0.29) is 5.91 Å². The number of amides is 1. The van der Waals surface area contributed by atoms with Crippen molar-refractivity contribution < 1.29 is 4.79 Å². The maximum absolute atomic E-state index is 13.0. The van der Waals surface area contributed by atoms with E-state index in [0.29, 0.717) is 30.3 Å². The van der Waals surface area contributed by atoms with E-state index < -0.39 is 0 Å². The molecule has 0 aliphatic carbocycles. The second-order valence-electron chi connectivity index (χ2n) is 7.46. The number of benzene rings is 2. The molecule has 2 heterocycles. The minimum Gasteiger partial charge on any atom is -0.346 e. The van der Waals surface area contributed by atoms with Gasteiger partial charge in [-0.15, -0.1) is 11.3 Å². The van der Waals surface area contributed by atoms with Crippen molar-refractivity contribution in [3.05, 3.63) is 94.1 Å². The topological polar surface area (TPSA) is 59.8 Å². The zero-order valence-corrected chi connectivity index (χ0v) is 17.9.